The molecule has 0 spiro atoms. The van der Waals surface area contributed by atoms with Gasteiger partial charge in [-0.3, -0.25) is 0 Å². The standard InChI is InChI=1S/C14H23N3S2/c1-4-6-10-9-12(15-3)17-14(16-10)13-11(5-2)18-7-8-19-13/h9,11,13H,4-8H2,1-3H3,(H,15,16,17). The summed E-state index contributed by atoms with van der Waals surface area (Å²) in [7, 11) is 1.93. The minimum atomic E-state index is 0.452. The van der Waals surface area contributed by atoms with Gasteiger partial charge in [0.05, 0.1) is 5.25 Å². The molecule has 0 amide bonds. The summed E-state index contributed by atoms with van der Waals surface area (Å²) in [6.45, 7) is 4.46. The smallest absolute Gasteiger partial charge is 0.145 e. The third-order valence-electron chi connectivity index (χ3n) is 3.27. The molecule has 0 aromatic carbocycles. The molecule has 1 aromatic heterocycles. The molecule has 0 saturated carbocycles. The summed E-state index contributed by atoms with van der Waals surface area (Å²) >= 11 is 4.10. The summed E-state index contributed by atoms with van der Waals surface area (Å²) < 4.78 is 0. The largest absolute Gasteiger partial charge is 0.373 e. The van der Waals surface area contributed by atoms with E-state index in [1.54, 1.807) is 0 Å². The molecule has 2 atom stereocenters. The molecule has 1 fully saturated rings. The Kier molecular flexibility index (Phi) is 5.82. The number of hydrogen-bond acceptors (Lipinski definition) is 5. The Balaban J connectivity index is 2.28. The van der Waals surface area contributed by atoms with E-state index in [-0.39, 0.29) is 0 Å². The van der Waals surface area contributed by atoms with Gasteiger partial charge < -0.3 is 5.32 Å². The zero-order valence-electron chi connectivity index (χ0n) is 12.0. The average Bonchev–Trinajstić information content (AvgIpc) is 2.47. The van der Waals surface area contributed by atoms with E-state index in [1.165, 1.54) is 23.6 Å². The molecule has 1 saturated heterocycles. The quantitative estimate of drug-likeness (QED) is 0.895. The molecule has 1 aromatic rings. The predicted molar refractivity (Wildman–Crippen MR) is 87.3 cm³/mol. The Morgan fingerprint density at radius 2 is 2.05 bits per heavy atom. The van der Waals surface area contributed by atoms with E-state index < -0.39 is 0 Å². The average molecular weight is 297 g/mol. The minimum Gasteiger partial charge on any atom is -0.373 e. The molecule has 2 unspecified atom stereocenters. The summed E-state index contributed by atoms with van der Waals surface area (Å²) in [6.07, 6.45) is 3.35. The Morgan fingerprint density at radius 3 is 2.74 bits per heavy atom. The lowest BCUT2D eigenvalue weighted by Gasteiger charge is -2.29. The van der Waals surface area contributed by atoms with E-state index in [9.17, 15) is 0 Å². The molecule has 3 nitrogen and oxygen atoms in total. The van der Waals surface area contributed by atoms with Crippen molar-refractivity contribution >= 4 is 29.3 Å². The molecular weight excluding hydrogens is 274 g/mol. The van der Waals surface area contributed by atoms with Gasteiger partial charge in [-0.25, -0.2) is 9.97 Å². The normalized spacial score (nSPS) is 23.3. The van der Waals surface area contributed by atoms with E-state index in [0.717, 1.165) is 24.5 Å². The second-order valence-corrected chi connectivity index (χ2v) is 7.31. The number of aromatic nitrogens is 2. The lowest BCUT2D eigenvalue weighted by Crippen LogP contribution is -2.21. The maximum atomic E-state index is 4.81. The van der Waals surface area contributed by atoms with Gasteiger partial charge in [0.15, 0.2) is 0 Å². The summed E-state index contributed by atoms with van der Waals surface area (Å²) in [5, 5.41) is 4.28. The van der Waals surface area contributed by atoms with E-state index in [0.29, 0.717) is 10.5 Å². The van der Waals surface area contributed by atoms with Crippen LogP contribution in [0.1, 0.15) is 43.5 Å². The number of rotatable bonds is 5. The van der Waals surface area contributed by atoms with Crippen LogP contribution in [0.3, 0.4) is 0 Å². The SMILES string of the molecule is CCCc1cc(NC)nc(C2SCCSC2CC)n1. The molecule has 1 N–H and O–H groups in total. The maximum Gasteiger partial charge on any atom is 0.145 e. The molecule has 1 aliphatic heterocycles. The van der Waals surface area contributed by atoms with Crippen molar-refractivity contribution in [3.63, 3.8) is 0 Å². The first-order chi connectivity index (χ1) is 9.28. The van der Waals surface area contributed by atoms with Gasteiger partial charge in [0.1, 0.15) is 11.6 Å². The molecule has 0 radical (unpaired) electrons. The predicted octanol–water partition coefficient (Wildman–Crippen LogP) is 3.77. The first-order valence-corrected chi connectivity index (χ1v) is 9.17. The van der Waals surface area contributed by atoms with E-state index >= 15 is 0 Å². The number of aryl methyl sites for hydroxylation is 1. The van der Waals surface area contributed by atoms with Gasteiger partial charge in [-0.1, -0.05) is 20.3 Å². The van der Waals surface area contributed by atoms with Gasteiger partial charge in [-0.15, -0.1) is 11.8 Å². The highest BCUT2D eigenvalue weighted by Crippen LogP contribution is 2.43. The van der Waals surface area contributed by atoms with Crippen molar-refractivity contribution in [3.05, 3.63) is 17.6 Å². The van der Waals surface area contributed by atoms with Gasteiger partial charge in [-0.05, 0) is 12.8 Å². The van der Waals surface area contributed by atoms with Crippen LogP contribution in [0.25, 0.3) is 0 Å². The first-order valence-electron chi connectivity index (χ1n) is 7.07. The summed E-state index contributed by atoms with van der Waals surface area (Å²) in [5.74, 6) is 4.45. The fourth-order valence-corrected chi connectivity index (χ4v) is 5.29. The van der Waals surface area contributed by atoms with Crippen molar-refractivity contribution in [1.29, 1.82) is 0 Å². The number of anilines is 1. The first kappa shape index (κ1) is 15.0. The molecule has 1 aliphatic rings. The monoisotopic (exact) mass is 297 g/mol. The molecule has 0 aliphatic carbocycles. The van der Waals surface area contributed by atoms with E-state index in [2.05, 4.69) is 37.0 Å². The highest BCUT2D eigenvalue weighted by atomic mass is 32.2. The second-order valence-electron chi connectivity index (χ2n) is 4.71. The van der Waals surface area contributed by atoms with E-state index in [4.69, 9.17) is 9.97 Å². The molecule has 2 rings (SSSR count). The van der Waals surface area contributed by atoms with Crippen LogP contribution in [0.5, 0.6) is 0 Å². The summed E-state index contributed by atoms with van der Waals surface area (Å²) in [6, 6.07) is 2.08. The molecule has 5 heteroatoms. The van der Waals surface area contributed by atoms with Crippen LogP contribution in [0, 0.1) is 0 Å². The summed E-state index contributed by atoms with van der Waals surface area (Å²) in [5.41, 5.74) is 1.17. The molecular formula is C14H23N3S2. The van der Waals surface area contributed by atoms with Crippen LogP contribution < -0.4 is 5.32 Å². The molecule has 0 bridgehead atoms. The van der Waals surface area contributed by atoms with Crippen LogP contribution in [0.15, 0.2) is 6.07 Å². The number of nitrogens with zero attached hydrogens (tertiary/aromatic N) is 2. The van der Waals surface area contributed by atoms with Crippen molar-refractivity contribution < 1.29 is 0 Å². The van der Waals surface area contributed by atoms with Crippen LogP contribution in [-0.4, -0.2) is 33.8 Å². The van der Waals surface area contributed by atoms with Gasteiger partial charge in [0.25, 0.3) is 0 Å². The Bertz CT molecular complexity index is 412. The lowest BCUT2D eigenvalue weighted by atomic mass is 10.2. The molecule has 19 heavy (non-hydrogen) atoms. The fourth-order valence-electron chi connectivity index (χ4n) is 2.30. The van der Waals surface area contributed by atoms with E-state index in [1.807, 2.05) is 18.8 Å². The van der Waals surface area contributed by atoms with Crippen molar-refractivity contribution in [3.8, 4) is 0 Å². The zero-order valence-corrected chi connectivity index (χ0v) is 13.6. The van der Waals surface area contributed by atoms with Crippen LogP contribution in [0.4, 0.5) is 5.82 Å². The van der Waals surface area contributed by atoms with Crippen LogP contribution in [-0.2, 0) is 6.42 Å². The Labute approximate surface area is 124 Å². The van der Waals surface area contributed by atoms with Crippen molar-refractivity contribution in [1.82, 2.24) is 9.97 Å². The van der Waals surface area contributed by atoms with Gasteiger partial charge in [0, 0.05) is 35.6 Å². The second kappa shape index (κ2) is 7.39. The zero-order chi connectivity index (χ0) is 13.7. The van der Waals surface area contributed by atoms with Crippen LogP contribution in [0.2, 0.25) is 0 Å². The van der Waals surface area contributed by atoms with Crippen LogP contribution >= 0.6 is 23.5 Å². The fraction of sp³-hybridized carbons (Fsp3) is 0.714. The molecule has 106 valence electrons. The Hall–Kier alpha value is -0.420. The number of nitrogens with one attached hydrogen (secondary N) is 1. The summed E-state index contributed by atoms with van der Waals surface area (Å²) in [4.78, 5) is 9.51. The number of hydrogen-bond donors (Lipinski definition) is 1. The highest BCUT2D eigenvalue weighted by Gasteiger charge is 2.29. The van der Waals surface area contributed by atoms with Crippen molar-refractivity contribution in [2.24, 2.45) is 0 Å². The van der Waals surface area contributed by atoms with Gasteiger partial charge >= 0.3 is 0 Å². The maximum absolute atomic E-state index is 4.81. The highest BCUT2D eigenvalue weighted by molar-refractivity contribution is 8.06. The molecule has 2 heterocycles. The van der Waals surface area contributed by atoms with Gasteiger partial charge in [0.2, 0.25) is 0 Å². The lowest BCUT2D eigenvalue weighted by molar-refractivity contribution is 0.736. The third-order valence-corrected chi connectivity index (χ3v) is 6.51. The minimum absolute atomic E-state index is 0.452. The van der Waals surface area contributed by atoms with Crippen molar-refractivity contribution in [2.75, 3.05) is 23.9 Å². The number of thioether (sulfide) groups is 2. The third kappa shape index (κ3) is 3.78. The van der Waals surface area contributed by atoms with Gasteiger partial charge in [-0.2, -0.15) is 11.8 Å². The topological polar surface area (TPSA) is 37.8 Å². The Morgan fingerprint density at radius 1 is 1.26 bits per heavy atom. The van der Waals surface area contributed by atoms with Crippen molar-refractivity contribution in [2.45, 2.75) is 43.6 Å².